The molecule has 0 radical (unpaired) electrons. The minimum atomic E-state index is 0.155. The summed E-state index contributed by atoms with van der Waals surface area (Å²) in [5, 5.41) is 0. The van der Waals surface area contributed by atoms with Gasteiger partial charge in [0, 0.05) is 24.8 Å². The highest BCUT2D eigenvalue weighted by molar-refractivity contribution is 5.46. The van der Waals surface area contributed by atoms with E-state index in [0.29, 0.717) is 0 Å². The third-order valence-electron chi connectivity index (χ3n) is 3.03. The van der Waals surface area contributed by atoms with Crippen molar-refractivity contribution in [3.05, 3.63) is 30.3 Å². The first-order chi connectivity index (χ1) is 7.45. The zero-order chi connectivity index (χ0) is 12.2. The topological polar surface area (TPSA) is 29.3 Å². The average Bonchev–Trinajstić information content (AvgIpc) is 2.25. The van der Waals surface area contributed by atoms with Crippen molar-refractivity contribution in [2.24, 2.45) is 11.1 Å². The number of para-hydroxylation sites is 1. The average molecular weight is 220 g/mol. The van der Waals surface area contributed by atoms with Crippen LogP contribution in [0.4, 0.5) is 5.69 Å². The van der Waals surface area contributed by atoms with Gasteiger partial charge in [-0.25, -0.2) is 0 Å². The van der Waals surface area contributed by atoms with Gasteiger partial charge in [0.2, 0.25) is 0 Å². The summed E-state index contributed by atoms with van der Waals surface area (Å²) in [6, 6.07) is 10.6. The van der Waals surface area contributed by atoms with Crippen molar-refractivity contribution in [2.45, 2.75) is 33.7 Å². The highest BCUT2D eigenvalue weighted by Crippen LogP contribution is 2.20. The quantitative estimate of drug-likeness (QED) is 0.845. The van der Waals surface area contributed by atoms with Crippen molar-refractivity contribution < 1.29 is 0 Å². The number of likely N-dealkylation sites (N-methyl/N-ethyl adjacent to an activating group) is 1. The van der Waals surface area contributed by atoms with Gasteiger partial charge in [-0.05, 0) is 24.5 Å². The van der Waals surface area contributed by atoms with Crippen LogP contribution in [-0.4, -0.2) is 19.1 Å². The molecule has 0 aliphatic heterocycles. The van der Waals surface area contributed by atoms with Gasteiger partial charge in [0.15, 0.2) is 0 Å². The first kappa shape index (κ1) is 13.0. The molecular weight excluding hydrogens is 196 g/mol. The van der Waals surface area contributed by atoms with Gasteiger partial charge in [0.25, 0.3) is 0 Å². The van der Waals surface area contributed by atoms with Crippen LogP contribution in [0.1, 0.15) is 27.7 Å². The van der Waals surface area contributed by atoms with Gasteiger partial charge < -0.3 is 10.6 Å². The maximum atomic E-state index is 6.22. The lowest BCUT2D eigenvalue weighted by Crippen LogP contribution is -2.45. The van der Waals surface area contributed by atoms with Gasteiger partial charge in [-0.15, -0.1) is 0 Å². The smallest absolute Gasteiger partial charge is 0.0366 e. The van der Waals surface area contributed by atoms with Crippen LogP contribution >= 0.6 is 0 Å². The molecule has 2 N–H and O–H groups in total. The molecule has 0 bridgehead atoms. The summed E-state index contributed by atoms with van der Waals surface area (Å²) < 4.78 is 0. The lowest BCUT2D eigenvalue weighted by atomic mass is 9.87. The van der Waals surface area contributed by atoms with E-state index in [-0.39, 0.29) is 11.5 Å². The fourth-order valence-corrected chi connectivity index (χ4v) is 1.57. The standard InChI is InChI=1S/C14H24N2/c1-5-16(11-13(15)14(2,3)4)12-9-7-6-8-10-12/h6-10,13H,5,11,15H2,1-4H3. The van der Waals surface area contributed by atoms with E-state index in [1.165, 1.54) is 5.69 Å². The predicted molar refractivity (Wildman–Crippen MR) is 71.8 cm³/mol. The predicted octanol–water partition coefficient (Wildman–Crippen LogP) is 2.89. The summed E-state index contributed by atoms with van der Waals surface area (Å²) in [5.41, 5.74) is 7.63. The molecule has 0 heterocycles. The Balaban J connectivity index is 2.70. The fourth-order valence-electron chi connectivity index (χ4n) is 1.57. The van der Waals surface area contributed by atoms with E-state index >= 15 is 0 Å². The van der Waals surface area contributed by atoms with Crippen LogP contribution in [0.2, 0.25) is 0 Å². The number of hydrogen-bond donors (Lipinski definition) is 1. The van der Waals surface area contributed by atoms with E-state index in [4.69, 9.17) is 5.73 Å². The molecule has 0 aromatic heterocycles. The molecule has 0 spiro atoms. The van der Waals surface area contributed by atoms with Crippen molar-refractivity contribution in [1.82, 2.24) is 0 Å². The zero-order valence-corrected chi connectivity index (χ0v) is 10.9. The monoisotopic (exact) mass is 220 g/mol. The molecule has 0 aliphatic rings. The van der Waals surface area contributed by atoms with E-state index in [0.717, 1.165) is 13.1 Å². The van der Waals surface area contributed by atoms with E-state index in [9.17, 15) is 0 Å². The molecule has 0 saturated heterocycles. The number of nitrogens with two attached hydrogens (primary N) is 1. The number of hydrogen-bond acceptors (Lipinski definition) is 2. The van der Waals surface area contributed by atoms with Gasteiger partial charge in [0.05, 0.1) is 0 Å². The largest absolute Gasteiger partial charge is 0.370 e. The third kappa shape index (κ3) is 3.53. The highest BCUT2D eigenvalue weighted by atomic mass is 15.1. The number of rotatable bonds is 4. The van der Waals surface area contributed by atoms with Crippen LogP contribution in [0.3, 0.4) is 0 Å². The minimum Gasteiger partial charge on any atom is -0.370 e. The van der Waals surface area contributed by atoms with E-state index < -0.39 is 0 Å². The Hall–Kier alpha value is -1.02. The summed E-state index contributed by atoms with van der Waals surface area (Å²) in [6.07, 6.45) is 0. The van der Waals surface area contributed by atoms with E-state index in [2.05, 4.69) is 56.9 Å². The Bertz CT molecular complexity index is 300. The molecule has 16 heavy (non-hydrogen) atoms. The van der Waals surface area contributed by atoms with Crippen LogP contribution in [-0.2, 0) is 0 Å². The van der Waals surface area contributed by atoms with Gasteiger partial charge in [-0.3, -0.25) is 0 Å². The summed E-state index contributed by atoms with van der Waals surface area (Å²) in [7, 11) is 0. The molecule has 1 unspecified atom stereocenters. The molecule has 0 amide bonds. The molecule has 2 nitrogen and oxygen atoms in total. The molecule has 0 aliphatic carbocycles. The maximum absolute atomic E-state index is 6.22. The molecule has 2 heteroatoms. The van der Waals surface area contributed by atoms with Crippen molar-refractivity contribution in [2.75, 3.05) is 18.0 Å². The summed E-state index contributed by atoms with van der Waals surface area (Å²) in [4.78, 5) is 2.33. The summed E-state index contributed by atoms with van der Waals surface area (Å²) in [6.45, 7) is 10.6. The number of benzene rings is 1. The number of nitrogens with zero attached hydrogens (tertiary/aromatic N) is 1. The van der Waals surface area contributed by atoms with E-state index in [1.807, 2.05) is 6.07 Å². The lowest BCUT2D eigenvalue weighted by molar-refractivity contribution is 0.321. The second-order valence-corrected chi connectivity index (χ2v) is 5.35. The molecule has 1 aromatic rings. The normalized spacial score (nSPS) is 13.6. The Morgan fingerprint density at radius 3 is 2.19 bits per heavy atom. The van der Waals surface area contributed by atoms with Crippen LogP contribution in [0, 0.1) is 5.41 Å². The van der Waals surface area contributed by atoms with Gasteiger partial charge in [0.1, 0.15) is 0 Å². The Kier molecular flexibility index (Phi) is 4.36. The highest BCUT2D eigenvalue weighted by Gasteiger charge is 2.22. The third-order valence-corrected chi connectivity index (χ3v) is 3.03. The lowest BCUT2D eigenvalue weighted by Gasteiger charge is -2.33. The van der Waals surface area contributed by atoms with Gasteiger partial charge in [-0.2, -0.15) is 0 Å². The molecular formula is C14H24N2. The zero-order valence-electron chi connectivity index (χ0n) is 10.9. The summed E-state index contributed by atoms with van der Waals surface area (Å²) in [5.74, 6) is 0. The van der Waals surface area contributed by atoms with Crippen LogP contribution < -0.4 is 10.6 Å². The van der Waals surface area contributed by atoms with Crippen molar-refractivity contribution in [1.29, 1.82) is 0 Å². The van der Waals surface area contributed by atoms with Crippen LogP contribution in [0.25, 0.3) is 0 Å². The molecule has 1 rings (SSSR count). The first-order valence-corrected chi connectivity index (χ1v) is 6.00. The maximum Gasteiger partial charge on any atom is 0.0366 e. The molecule has 90 valence electrons. The Morgan fingerprint density at radius 2 is 1.75 bits per heavy atom. The SMILES string of the molecule is CCN(CC(N)C(C)(C)C)c1ccccc1. The first-order valence-electron chi connectivity index (χ1n) is 6.00. The van der Waals surface area contributed by atoms with Gasteiger partial charge in [-0.1, -0.05) is 39.0 Å². The Labute approximate surface area is 99.5 Å². The summed E-state index contributed by atoms with van der Waals surface area (Å²) >= 11 is 0. The van der Waals surface area contributed by atoms with E-state index in [1.54, 1.807) is 0 Å². The molecule has 1 atom stereocenters. The van der Waals surface area contributed by atoms with Crippen molar-refractivity contribution in [3.63, 3.8) is 0 Å². The minimum absolute atomic E-state index is 0.155. The Morgan fingerprint density at radius 1 is 1.19 bits per heavy atom. The van der Waals surface area contributed by atoms with Crippen molar-refractivity contribution >= 4 is 5.69 Å². The second-order valence-electron chi connectivity index (χ2n) is 5.35. The number of anilines is 1. The van der Waals surface area contributed by atoms with Gasteiger partial charge >= 0.3 is 0 Å². The fraction of sp³-hybridized carbons (Fsp3) is 0.571. The second kappa shape index (κ2) is 5.35. The van der Waals surface area contributed by atoms with Crippen molar-refractivity contribution in [3.8, 4) is 0 Å². The van der Waals surface area contributed by atoms with Crippen LogP contribution in [0.5, 0.6) is 0 Å². The van der Waals surface area contributed by atoms with Crippen LogP contribution in [0.15, 0.2) is 30.3 Å². The molecule has 0 saturated carbocycles. The molecule has 0 fully saturated rings. The molecule has 1 aromatic carbocycles.